The molecule has 1 fully saturated rings. The maximum absolute atomic E-state index is 12.4. The van der Waals surface area contributed by atoms with Gasteiger partial charge < -0.3 is 19.7 Å². The Kier molecular flexibility index (Phi) is 6.12. The molecule has 1 heterocycles. The number of hydrogen-bond donors (Lipinski definition) is 1. The Morgan fingerprint density at radius 3 is 2.74 bits per heavy atom. The van der Waals surface area contributed by atoms with Gasteiger partial charge in [-0.2, -0.15) is 0 Å². The Morgan fingerprint density at radius 1 is 1.39 bits per heavy atom. The van der Waals surface area contributed by atoms with Gasteiger partial charge in [0.25, 0.3) is 5.91 Å². The number of morpholine rings is 1. The lowest BCUT2D eigenvalue weighted by molar-refractivity contribution is -0.162. The number of ether oxygens (including phenoxy) is 2. The summed E-state index contributed by atoms with van der Waals surface area (Å²) in [7, 11) is 3.33. The molecule has 2 atom stereocenters. The van der Waals surface area contributed by atoms with Gasteiger partial charge in [0.05, 0.1) is 6.04 Å². The van der Waals surface area contributed by atoms with Gasteiger partial charge in [-0.05, 0) is 18.9 Å². The number of methoxy groups -OCH3 is 1. The summed E-state index contributed by atoms with van der Waals surface area (Å²) in [5.74, 6) is -0.329. The first-order valence-electron chi connectivity index (χ1n) is 7.75. The molecule has 6 nitrogen and oxygen atoms in total. The van der Waals surface area contributed by atoms with Gasteiger partial charge in [-0.15, -0.1) is 0 Å². The summed E-state index contributed by atoms with van der Waals surface area (Å²) in [6, 6.07) is 7.39. The van der Waals surface area contributed by atoms with Crippen LogP contribution < -0.4 is 5.32 Å². The van der Waals surface area contributed by atoms with Gasteiger partial charge >= 0.3 is 0 Å². The Hall–Kier alpha value is -1.92. The molecule has 1 aliphatic heterocycles. The highest BCUT2D eigenvalue weighted by Crippen LogP contribution is 2.29. The summed E-state index contributed by atoms with van der Waals surface area (Å²) < 4.78 is 10.5. The van der Waals surface area contributed by atoms with Crippen molar-refractivity contribution in [3.63, 3.8) is 0 Å². The second-order valence-electron chi connectivity index (χ2n) is 5.73. The summed E-state index contributed by atoms with van der Waals surface area (Å²) in [5.41, 5.74) is 2.02. The Labute approximate surface area is 136 Å². The maximum Gasteiger partial charge on any atom is 0.251 e. The first-order valence-corrected chi connectivity index (χ1v) is 7.75. The highest BCUT2D eigenvalue weighted by molar-refractivity contribution is 5.86. The lowest BCUT2D eigenvalue weighted by Crippen LogP contribution is -2.53. The number of benzene rings is 1. The fourth-order valence-electron chi connectivity index (χ4n) is 2.62. The number of carbonyl (C=O) groups is 2. The van der Waals surface area contributed by atoms with Crippen molar-refractivity contribution in [3.05, 3.63) is 35.4 Å². The number of aryl methyl sites for hydroxylation is 1. The van der Waals surface area contributed by atoms with Crippen molar-refractivity contribution in [1.82, 2.24) is 10.2 Å². The normalized spacial score (nSPS) is 21.3. The van der Waals surface area contributed by atoms with Gasteiger partial charge in [-0.25, -0.2) is 0 Å². The van der Waals surface area contributed by atoms with Crippen LogP contribution in [0.2, 0.25) is 0 Å². The quantitative estimate of drug-likeness (QED) is 0.796. The van der Waals surface area contributed by atoms with Crippen LogP contribution in [-0.2, 0) is 19.1 Å². The molecule has 6 heteroatoms. The molecule has 2 amide bonds. The first-order chi connectivity index (χ1) is 11.0. The summed E-state index contributed by atoms with van der Waals surface area (Å²) in [6.07, 6.45) is 0.0294. The van der Waals surface area contributed by atoms with Crippen LogP contribution in [-0.4, -0.2) is 56.7 Å². The molecule has 126 valence electrons. The minimum atomic E-state index is -0.706. The van der Waals surface area contributed by atoms with E-state index in [1.807, 2.05) is 31.2 Å². The average molecular weight is 320 g/mol. The largest absolute Gasteiger partial charge is 0.385 e. The number of likely N-dealkylation sites (N-methyl/N-ethyl adjacent to an activating group) is 1. The van der Waals surface area contributed by atoms with Gasteiger partial charge in [0.1, 0.15) is 6.61 Å². The van der Waals surface area contributed by atoms with Gasteiger partial charge in [0, 0.05) is 27.3 Å². The lowest BCUT2D eigenvalue weighted by Gasteiger charge is -2.38. The van der Waals surface area contributed by atoms with E-state index in [0.29, 0.717) is 13.2 Å². The van der Waals surface area contributed by atoms with Crippen molar-refractivity contribution >= 4 is 11.8 Å². The highest BCUT2D eigenvalue weighted by Gasteiger charge is 2.39. The third kappa shape index (κ3) is 4.30. The van der Waals surface area contributed by atoms with E-state index in [4.69, 9.17) is 9.47 Å². The van der Waals surface area contributed by atoms with Crippen LogP contribution in [0, 0.1) is 6.92 Å². The molecule has 2 rings (SSSR count). The summed E-state index contributed by atoms with van der Waals surface area (Å²) in [6.45, 7) is 3.03. The van der Waals surface area contributed by atoms with Crippen LogP contribution in [0.1, 0.15) is 23.6 Å². The van der Waals surface area contributed by atoms with Crippen molar-refractivity contribution in [2.75, 3.05) is 33.9 Å². The monoisotopic (exact) mass is 320 g/mol. The van der Waals surface area contributed by atoms with E-state index in [2.05, 4.69) is 5.32 Å². The molecule has 0 aromatic heterocycles. The highest BCUT2D eigenvalue weighted by atomic mass is 16.5. The third-order valence-electron chi connectivity index (χ3n) is 3.99. The Bertz CT molecular complexity index is 544. The fourth-order valence-corrected chi connectivity index (χ4v) is 2.62. The zero-order valence-corrected chi connectivity index (χ0v) is 13.9. The lowest BCUT2D eigenvalue weighted by atomic mass is 9.96. The van der Waals surface area contributed by atoms with Crippen LogP contribution in [0.25, 0.3) is 0 Å². The van der Waals surface area contributed by atoms with Crippen molar-refractivity contribution in [1.29, 1.82) is 0 Å². The first kappa shape index (κ1) is 17.4. The van der Waals surface area contributed by atoms with Crippen molar-refractivity contribution in [3.8, 4) is 0 Å². The van der Waals surface area contributed by atoms with Crippen molar-refractivity contribution in [2.24, 2.45) is 0 Å². The van der Waals surface area contributed by atoms with E-state index in [1.54, 1.807) is 19.1 Å². The molecule has 1 saturated heterocycles. The standard InChI is InChI=1S/C17H24N2O4/c1-12-5-7-13(8-6-12)15-16(23-11-14(20)19(15)2)17(21)18-9-4-10-22-3/h5-8,15-16H,4,9-11H2,1-3H3,(H,18,21)/t15-,16+/m1/s1. The number of nitrogens with zero attached hydrogens (tertiary/aromatic N) is 1. The smallest absolute Gasteiger partial charge is 0.251 e. The molecule has 0 spiro atoms. The molecule has 0 aliphatic carbocycles. The van der Waals surface area contributed by atoms with E-state index in [0.717, 1.165) is 17.5 Å². The SMILES string of the molecule is COCCCNC(=O)[C@H]1OCC(=O)N(C)[C@@H]1c1ccc(C)cc1. The summed E-state index contributed by atoms with van der Waals surface area (Å²) in [5, 5.41) is 2.85. The van der Waals surface area contributed by atoms with Crippen LogP contribution in [0.5, 0.6) is 0 Å². The van der Waals surface area contributed by atoms with Crippen LogP contribution >= 0.6 is 0 Å². The van der Waals surface area contributed by atoms with E-state index in [9.17, 15) is 9.59 Å². The number of nitrogens with one attached hydrogen (secondary N) is 1. The summed E-state index contributed by atoms with van der Waals surface area (Å²) in [4.78, 5) is 26.0. The van der Waals surface area contributed by atoms with Crippen molar-refractivity contribution in [2.45, 2.75) is 25.5 Å². The molecular formula is C17H24N2O4. The predicted octanol–water partition coefficient (Wildman–Crippen LogP) is 1.05. The second kappa shape index (κ2) is 8.08. The van der Waals surface area contributed by atoms with E-state index < -0.39 is 12.1 Å². The molecule has 23 heavy (non-hydrogen) atoms. The van der Waals surface area contributed by atoms with E-state index in [-0.39, 0.29) is 18.4 Å². The zero-order chi connectivity index (χ0) is 16.8. The number of rotatable bonds is 6. The molecule has 0 bridgehead atoms. The van der Waals surface area contributed by atoms with E-state index in [1.165, 1.54) is 0 Å². The fraction of sp³-hybridized carbons (Fsp3) is 0.529. The zero-order valence-electron chi connectivity index (χ0n) is 13.9. The van der Waals surface area contributed by atoms with Crippen LogP contribution in [0.3, 0.4) is 0 Å². The molecule has 0 unspecified atom stereocenters. The van der Waals surface area contributed by atoms with Crippen molar-refractivity contribution < 1.29 is 19.1 Å². The minimum Gasteiger partial charge on any atom is -0.385 e. The third-order valence-corrected chi connectivity index (χ3v) is 3.99. The van der Waals surface area contributed by atoms with Crippen LogP contribution in [0.4, 0.5) is 0 Å². The average Bonchev–Trinajstić information content (AvgIpc) is 2.55. The van der Waals surface area contributed by atoms with E-state index >= 15 is 0 Å². The van der Waals surface area contributed by atoms with Gasteiger partial charge in [0.2, 0.25) is 5.91 Å². The molecule has 1 N–H and O–H groups in total. The van der Waals surface area contributed by atoms with Gasteiger partial charge in [-0.3, -0.25) is 9.59 Å². The second-order valence-corrected chi connectivity index (χ2v) is 5.73. The molecule has 1 aromatic carbocycles. The molecule has 1 aliphatic rings. The topological polar surface area (TPSA) is 67.9 Å². The molecule has 0 radical (unpaired) electrons. The minimum absolute atomic E-state index is 0.0744. The maximum atomic E-state index is 12.4. The van der Waals surface area contributed by atoms with Crippen LogP contribution in [0.15, 0.2) is 24.3 Å². The molecule has 1 aromatic rings. The summed E-state index contributed by atoms with van der Waals surface area (Å²) >= 11 is 0. The Balaban J connectivity index is 2.13. The molecule has 0 saturated carbocycles. The predicted molar refractivity (Wildman–Crippen MR) is 85.9 cm³/mol. The number of carbonyl (C=O) groups excluding carboxylic acids is 2. The van der Waals surface area contributed by atoms with Gasteiger partial charge in [0.15, 0.2) is 6.10 Å². The number of hydrogen-bond acceptors (Lipinski definition) is 4. The van der Waals surface area contributed by atoms with Gasteiger partial charge in [-0.1, -0.05) is 29.8 Å². The number of amides is 2. The Morgan fingerprint density at radius 2 is 2.09 bits per heavy atom. The molecular weight excluding hydrogens is 296 g/mol.